The summed E-state index contributed by atoms with van der Waals surface area (Å²) in [5, 5.41) is 49.3. The normalized spacial score (nSPS) is 49.7. The van der Waals surface area contributed by atoms with Crippen molar-refractivity contribution in [1.82, 2.24) is 0 Å². The molecule has 4 atom stereocenters. The molecule has 0 saturated carbocycles. The SMILES string of the molecule is CC(C)(O)[C@@]1(O)O[C@H](CO)[C@@](C)(O)[C@]1(C)O. The average Bonchev–Trinajstić information content (AvgIpc) is 2.23. The molecule has 0 aliphatic carbocycles. The Morgan fingerprint density at radius 2 is 1.62 bits per heavy atom. The zero-order chi connectivity index (χ0) is 13.0. The van der Waals surface area contributed by atoms with E-state index in [0.29, 0.717) is 0 Å². The number of ether oxygens (including phenoxy) is 1. The van der Waals surface area contributed by atoms with Crippen molar-refractivity contribution in [3.05, 3.63) is 0 Å². The maximum absolute atomic E-state index is 10.2. The highest BCUT2D eigenvalue weighted by Gasteiger charge is 2.73. The molecule has 0 unspecified atom stereocenters. The summed E-state index contributed by atoms with van der Waals surface area (Å²) in [6.45, 7) is 4.30. The summed E-state index contributed by atoms with van der Waals surface area (Å²) in [5.41, 5.74) is -5.80. The van der Waals surface area contributed by atoms with E-state index >= 15 is 0 Å². The average molecular weight is 236 g/mol. The molecule has 1 aliphatic rings. The first-order chi connectivity index (χ1) is 6.92. The van der Waals surface area contributed by atoms with Crippen LogP contribution in [0, 0.1) is 0 Å². The topological polar surface area (TPSA) is 110 Å². The van der Waals surface area contributed by atoms with Gasteiger partial charge in [0.15, 0.2) is 0 Å². The minimum Gasteiger partial charge on any atom is -0.394 e. The predicted molar refractivity (Wildman–Crippen MR) is 54.5 cm³/mol. The molecule has 0 bridgehead atoms. The van der Waals surface area contributed by atoms with Gasteiger partial charge in [0.2, 0.25) is 5.79 Å². The molecule has 0 aromatic carbocycles. The first-order valence-corrected chi connectivity index (χ1v) is 5.10. The highest BCUT2D eigenvalue weighted by Crippen LogP contribution is 2.49. The van der Waals surface area contributed by atoms with E-state index in [1.54, 1.807) is 0 Å². The smallest absolute Gasteiger partial charge is 0.227 e. The van der Waals surface area contributed by atoms with Gasteiger partial charge < -0.3 is 30.3 Å². The lowest BCUT2D eigenvalue weighted by atomic mass is 9.74. The van der Waals surface area contributed by atoms with Gasteiger partial charge in [-0.15, -0.1) is 0 Å². The summed E-state index contributed by atoms with van der Waals surface area (Å²) in [5.74, 6) is -2.36. The number of hydrogen-bond donors (Lipinski definition) is 5. The van der Waals surface area contributed by atoms with Crippen LogP contribution < -0.4 is 0 Å². The molecule has 1 heterocycles. The molecule has 0 amide bonds. The van der Waals surface area contributed by atoms with Gasteiger partial charge in [-0.05, 0) is 27.7 Å². The van der Waals surface area contributed by atoms with Crippen LogP contribution >= 0.6 is 0 Å². The van der Waals surface area contributed by atoms with Crippen molar-refractivity contribution in [2.45, 2.75) is 56.4 Å². The van der Waals surface area contributed by atoms with Crippen LogP contribution in [0.3, 0.4) is 0 Å². The third-order valence-corrected chi connectivity index (χ3v) is 3.58. The third-order valence-electron chi connectivity index (χ3n) is 3.58. The third kappa shape index (κ3) is 1.42. The summed E-state index contributed by atoms with van der Waals surface area (Å²) in [7, 11) is 0. The minimum absolute atomic E-state index is 0.582. The second-order valence-electron chi connectivity index (χ2n) is 5.21. The fraction of sp³-hybridized carbons (Fsp3) is 1.00. The van der Waals surface area contributed by atoms with Crippen molar-refractivity contribution >= 4 is 0 Å². The van der Waals surface area contributed by atoms with Gasteiger partial charge in [0, 0.05) is 0 Å². The molecule has 16 heavy (non-hydrogen) atoms. The minimum atomic E-state index is -2.36. The standard InChI is InChI=1S/C10H20O6/c1-7(2,12)10(15)9(4,14)8(3,13)6(5-11)16-10/h6,11-15H,5H2,1-4H3/t6-,8-,9+,10-/m1/s1. The van der Waals surface area contributed by atoms with Crippen LogP contribution in [0.5, 0.6) is 0 Å². The second-order valence-corrected chi connectivity index (χ2v) is 5.21. The lowest BCUT2D eigenvalue weighted by Crippen LogP contribution is -2.68. The Bertz CT molecular complexity index is 280. The fourth-order valence-corrected chi connectivity index (χ4v) is 2.05. The molecule has 1 saturated heterocycles. The first-order valence-electron chi connectivity index (χ1n) is 5.10. The van der Waals surface area contributed by atoms with Gasteiger partial charge in [0.1, 0.15) is 22.9 Å². The van der Waals surface area contributed by atoms with E-state index in [9.17, 15) is 20.4 Å². The molecule has 6 heteroatoms. The number of hydrogen-bond acceptors (Lipinski definition) is 6. The number of rotatable bonds is 2. The highest BCUT2D eigenvalue weighted by molar-refractivity contribution is 5.17. The van der Waals surface area contributed by atoms with E-state index in [1.807, 2.05) is 0 Å². The molecular weight excluding hydrogens is 216 g/mol. The van der Waals surface area contributed by atoms with Crippen molar-refractivity contribution in [2.75, 3.05) is 6.61 Å². The van der Waals surface area contributed by atoms with Crippen molar-refractivity contribution in [1.29, 1.82) is 0 Å². The number of aliphatic hydroxyl groups is 5. The van der Waals surface area contributed by atoms with Gasteiger partial charge in [0.05, 0.1) is 6.61 Å². The fourth-order valence-electron chi connectivity index (χ4n) is 2.05. The Kier molecular flexibility index (Phi) is 2.92. The predicted octanol–water partition coefficient (Wildman–Crippen LogP) is -1.66. The van der Waals surface area contributed by atoms with E-state index < -0.39 is 35.3 Å². The zero-order valence-corrected chi connectivity index (χ0v) is 9.93. The van der Waals surface area contributed by atoms with Gasteiger partial charge in [-0.2, -0.15) is 0 Å². The molecule has 0 aromatic heterocycles. The first kappa shape index (κ1) is 13.8. The van der Waals surface area contributed by atoms with E-state index in [-0.39, 0.29) is 0 Å². The molecule has 1 aliphatic heterocycles. The summed E-state index contributed by atoms with van der Waals surface area (Å²) in [6.07, 6.45) is -1.18. The van der Waals surface area contributed by atoms with Crippen LogP contribution in [-0.2, 0) is 4.74 Å². The van der Waals surface area contributed by atoms with Crippen molar-refractivity contribution in [3.8, 4) is 0 Å². The Morgan fingerprint density at radius 3 is 1.81 bits per heavy atom. The van der Waals surface area contributed by atoms with Crippen LogP contribution in [0.2, 0.25) is 0 Å². The van der Waals surface area contributed by atoms with E-state index in [0.717, 1.165) is 6.92 Å². The largest absolute Gasteiger partial charge is 0.394 e. The summed E-state index contributed by atoms with van der Waals surface area (Å²) < 4.78 is 5.05. The Morgan fingerprint density at radius 1 is 1.19 bits per heavy atom. The van der Waals surface area contributed by atoms with Gasteiger partial charge in [0.25, 0.3) is 0 Å². The van der Waals surface area contributed by atoms with Crippen molar-refractivity contribution in [3.63, 3.8) is 0 Å². The maximum atomic E-state index is 10.2. The monoisotopic (exact) mass is 236 g/mol. The zero-order valence-electron chi connectivity index (χ0n) is 9.93. The molecule has 0 radical (unpaired) electrons. The molecule has 0 aromatic rings. The van der Waals surface area contributed by atoms with E-state index in [2.05, 4.69) is 0 Å². The van der Waals surface area contributed by atoms with Gasteiger partial charge in [-0.3, -0.25) is 0 Å². The number of aliphatic hydroxyl groups excluding tert-OH is 1. The van der Waals surface area contributed by atoms with E-state index in [4.69, 9.17) is 9.84 Å². The maximum Gasteiger partial charge on any atom is 0.227 e. The summed E-state index contributed by atoms with van der Waals surface area (Å²) >= 11 is 0. The van der Waals surface area contributed by atoms with Gasteiger partial charge >= 0.3 is 0 Å². The molecule has 96 valence electrons. The molecule has 6 nitrogen and oxygen atoms in total. The second kappa shape index (κ2) is 3.38. The molecule has 5 N–H and O–H groups in total. The Balaban J connectivity index is 3.28. The molecular formula is C10H20O6. The summed E-state index contributed by atoms with van der Waals surface area (Å²) in [4.78, 5) is 0. The van der Waals surface area contributed by atoms with Crippen LogP contribution in [0.1, 0.15) is 27.7 Å². The van der Waals surface area contributed by atoms with Crippen LogP contribution in [0.4, 0.5) is 0 Å². The molecule has 0 spiro atoms. The molecule has 1 fully saturated rings. The Hall–Kier alpha value is -0.240. The van der Waals surface area contributed by atoms with Crippen LogP contribution in [0.15, 0.2) is 0 Å². The quantitative estimate of drug-likeness (QED) is 0.392. The van der Waals surface area contributed by atoms with Crippen LogP contribution in [-0.4, -0.2) is 60.8 Å². The Labute approximate surface area is 94.1 Å². The van der Waals surface area contributed by atoms with E-state index in [1.165, 1.54) is 20.8 Å². The van der Waals surface area contributed by atoms with Crippen LogP contribution in [0.25, 0.3) is 0 Å². The van der Waals surface area contributed by atoms with Crippen molar-refractivity contribution in [2.24, 2.45) is 0 Å². The molecule has 1 rings (SSSR count). The summed E-state index contributed by atoms with van der Waals surface area (Å²) in [6, 6.07) is 0. The van der Waals surface area contributed by atoms with Gasteiger partial charge in [-0.1, -0.05) is 0 Å². The lowest BCUT2D eigenvalue weighted by molar-refractivity contribution is -0.335. The lowest BCUT2D eigenvalue weighted by Gasteiger charge is -2.44. The van der Waals surface area contributed by atoms with Gasteiger partial charge in [-0.25, -0.2) is 0 Å². The van der Waals surface area contributed by atoms with Crippen molar-refractivity contribution < 1.29 is 30.3 Å². The highest BCUT2D eigenvalue weighted by atomic mass is 16.7.